The summed E-state index contributed by atoms with van der Waals surface area (Å²) >= 11 is 6.01. The molecule has 0 saturated carbocycles. The second-order valence-electron chi connectivity index (χ2n) is 9.43. The van der Waals surface area contributed by atoms with Crippen LogP contribution in [0.1, 0.15) is 20.7 Å². The molecule has 3 heterocycles. The standard InChI is InChI=1S/C30H20ClFN2O4/c31-20-8-6-18(7-9-20)28(36)26-25-24(29(37)34(30(25)38)22-12-10-21(32)11-13-22)23-16-19(14-15-33(23)26)27(35)17-4-2-1-3-5-17/h1-16,23-26H/t23-,24+,25+,26+/m1/s1. The summed E-state index contributed by atoms with van der Waals surface area (Å²) in [6, 6.07) is 18.5. The van der Waals surface area contributed by atoms with Crippen LogP contribution < -0.4 is 4.90 Å². The van der Waals surface area contributed by atoms with Gasteiger partial charge in [-0.1, -0.05) is 48.0 Å². The number of allylic oxidation sites excluding steroid dienone is 2. The van der Waals surface area contributed by atoms with Crippen LogP contribution in [0.3, 0.4) is 0 Å². The number of carbonyl (C=O) groups is 4. The van der Waals surface area contributed by atoms with Crippen molar-refractivity contribution in [3.8, 4) is 0 Å². The maximum absolute atomic E-state index is 13.8. The first-order chi connectivity index (χ1) is 18.3. The summed E-state index contributed by atoms with van der Waals surface area (Å²) in [5.74, 6) is -3.99. The quantitative estimate of drug-likeness (QED) is 0.351. The molecule has 0 aromatic heterocycles. The van der Waals surface area contributed by atoms with E-state index in [1.165, 1.54) is 24.3 Å². The van der Waals surface area contributed by atoms with Gasteiger partial charge in [0.25, 0.3) is 0 Å². The summed E-state index contributed by atoms with van der Waals surface area (Å²) in [5, 5.41) is 0.461. The van der Waals surface area contributed by atoms with Gasteiger partial charge in [0.15, 0.2) is 11.6 Å². The van der Waals surface area contributed by atoms with Gasteiger partial charge >= 0.3 is 0 Å². The summed E-state index contributed by atoms with van der Waals surface area (Å²) in [6.45, 7) is 0. The van der Waals surface area contributed by atoms with Crippen LogP contribution in [0.25, 0.3) is 0 Å². The second-order valence-corrected chi connectivity index (χ2v) is 9.86. The van der Waals surface area contributed by atoms with E-state index in [0.717, 1.165) is 4.90 Å². The Labute approximate surface area is 222 Å². The number of nitrogens with zero attached hydrogens (tertiary/aromatic N) is 2. The first-order valence-corrected chi connectivity index (χ1v) is 12.4. The highest BCUT2D eigenvalue weighted by Crippen LogP contribution is 2.47. The van der Waals surface area contributed by atoms with Gasteiger partial charge in [-0.15, -0.1) is 0 Å². The Hall–Kier alpha value is -4.36. The Balaban J connectivity index is 1.43. The van der Waals surface area contributed by atoms with Gasteiger partial charge in [0.05, 0.1) is 23.6 Å². The molecule has 8 heteroatoms. The fraction of sp³-hybridized carbons (Fsp3) is 0.133. The SMILES string of the molecule is O=C(C1=C[C@@H]2[C@@H]3C(=O)N(c4ccc(F)cc4)C(=O)[C@@H]3[C@@H](C(=O)c3ccc(Cl)cc3)N2C=C1)c1ccccc1. The number of Topliss-reactive ketones (excluding diaryl/α,β-unsaturated/α-hetero) is 2. The average Bonchev–Trinajstić information content (AvgIpc) is 3.41. The number of benzene rings is 3. The van der Waals surface area contributed by atoms with Gasteiger partial charge in [0.1, 0.15) is 11.9 Å². The Bertz CT molecular complexity index is 1530. The van der Waals surface area contributed by atoms with Gasteiger partial charge in [-0.25, -0.2) is 9.29 Å². The number of fused-ring (bicyclic) bond motifs is 3. The fourth-order valence-electron chi connectivity index (χ4n) is 5.58. The Morgan fingerprint density at radius 2 is 1.45 bits per heavy atom. The largest absolute Gasteiger partial charge is 0.359 e. The van der Waals surface area contributed by atoms with Gasteiger partial charge in [-0.3, -0.25) is 19.2 Å². The predicted octanol–water partition coefficient (Wildman–Crippen LogP) is 4.86. The first kappa shape index (κ1) is 24.0. The first-order valence-electron chi connectivity index (χ1n) is 12.1. The van der Waals surface area contributed by atoms with Gasteiger partial charge in [-0.2, -0.15) is 0 Å². The summed E-state index contributed by atoms with van der Waals surface area (Å²) in [4.78, 5) is 57.2. The number of rotatable bonds is 5. The van der Waals surface area contributed by atoms with Crippen LogP contribution in [0.4, 0.5) is 10.1 Å². The van der Waals surface area contributed by atoms with E-state index in [9.17, 15) is 23.6 Å². The summed E-state index contributed by atoms with van der Waals surface area (Å²) in [5.41, 5.74) is 1.44. The van der Waals surface area contributed by atoms with Crippen LogP contribution in [0, 0.1) is 17.7 Å². The molecule has 3 aromatic rings. The molecule has 3 aromatic carbocycles. The van der Waals surface area contributed by atoms with Crippen molar-refractivity contribution in [2.75, 3.05) is 4.90 Å². The van der Waals surface area contributed by atoms with E-state index in [1.54, 1.807) is 71.8 Å². The molecule has 2 amide bonds. The molecule has 0 aliphatic carbocycles. The maximum atomic E-state index is 13.8. The van der Waals surface area contributed by atoms with Crippen molar-refractivity contribution in [1.29, 1.82) is 0 Å². The third-order valence-corrected chi connectivity index (χ3v) is 7.58. The lowest BCUT2D eigenvalue weighted by molar-refractivity contribution is -0.123. The normalized spacial score (nSPS) is 23.8. The zero-order chi connectivity index (χ0) is 26.6. The predicted molar refractivity (Wildman–Crippen MR) is 139 cm³/mol. The third-order valence-electron chi connectivity index (χ3n) is 7.33. The van der Waals surface area contributed by atoms with Crippen molar-refractivity contribution in [3.63, 3.8) is 0 Å². The second kappa shape index (κ2) is 9.19. The molecule has 38 heavy (non-hydrogen) atoms. The summed E-state index contributed by atoms with van der Waals surface area (Å²) in [6.07, 6.45) is 4.91. The third kappa shape index (κ3) is 3.78. The smallest absolute Gasteiger partial charge is 0.240 e. The fourth-order valence-corrected chi connectivity index (χ4v) is 5.71. The average molecular weight is 527 g/mol. The van der Waals surface area contributed by atoms with Gasteiger partial charge < -0.3 is 4.90 Å². The van der Waals surface area contributed by atoms with E-state index in [4.69, 9.17) is 11.6 Å². The molecule has 0 N–H and O–H groups in total. The molecule has 6 nitrogen and oxygen atoms in total. The van der Waals surface area contributed by atoms with Crippen LogP contribution in [-0.2, 0) is 9.59 Å². The topological polar surface area (TPSA) is 74.8 Å². The van der Waals surface area contributed by atoms with Gasteiger partial charge in [-0.05, 0) is 54.6 Å². The molecule has 0 radical (unpaired) electrons. The van der Waals surface area contributed by atoms with Gasteiger partial charge in [0, 0.05) is 27.9 Å². The number of carbonyl (C=O) groups excluding carboxylic acids is 4. The summed E-state index contributed by atoms with van der Waals surface area (Å²) < 4.78 is 13.6. The summed E-state index contributed by atoms with van der Waals surface area (Å²) in [7, 11) is 0. The van der Waals surface area contributed by atoms with Crippen molar-refractivity contribution >= 4 is 40.7 Å². The molecule has 2 fully saturated rings. The van der Waals surface area contributed by atoms with Crippen molar-refractivity contribution in [1.82, 2.24) is 4.90 Å². The molecule has 3 aliphatic heterocycles. The van der Waals surface area contributed by atoms with Crippen LogP contribution in [0.5, 0.6) is 0 Å². The Morgan fingerprint density at radius 1 is 0.789 bits per heavy atom. The van der Waals surface area contributed by atoms with E-state index in [1.807, 2.05) is 6.07 Å². The Morgan fingerprint density at radius 3 is 2.13 bits per heavy atom. The monoisotopic (exact) mass is 526 g/mol. The minimum atomic E-state index is -0.993. The highest BCUT2D eigenvalue weighted by molar-refractivity contribution is 6.30. The van der Waals surface area contributed by atoms with E-state index in [-0.39, 0.29) is 17.3 Å². The maximum Gasteiger partial charge on any atom is 0.240 e. The zero-order valence-electron chi connectivity index (χ0n) is 19.8. The molecule has 4 atom stereocenters. The number of imide groups is 1. The van der Waals surface area contributed by atoms with Crippen LogP contribution in [-0.4, -0.2) is 40.4 Å². The lowest BCUT2D eigenvalue weighted by atomic mass is 9.85. The van der Waals surface area contributed by atoms with Crippen LogP contribution >= 0.6 is 11.6 Å². The lowest BCUT2D eigenvalue weighted by Crippen LogP contribution is -2.46. The molecule has 2 saturated heterocycles. The zero-order valence-corrected chi connectivity index (χ0v) is 20.6. The molecular weight excluding hydrogens is 507 g/mol. The molecule has 0 bridgehead atoms. The van der Waals surface area contributed by atoms with E-state index in [2.05, 4.69) is 0 Å². The minimum absolute atomic E-state index is 0.224. The molecular formula is C30H20ClFN2O4. The number of hydrogen-bond donors (Lipinski definition) is 0. The van der Waals surface area contributed by atoms with Crippen LogP contribution in [0.2, 0.25) is 5.02 Å². The highest BCUT2D eigenvalue weighted by Gasteiger charge is 2.63. The minimum Gasteiger partial charge on any atom is -0.359 e. The van der Waals surface area contributed by atoms with Crippen molar-refractivity contribution < 1.29 is 23.6 Å². The molecule has 6 rings (SSSR count). The van der Waals surface area contributed by atoms with Crippen molar-refractivity contribution in [3.05, 3.63) is 125 Å². The number of halogens is 2. The van der Waals surface area contributed by atoms with E-state index in [0.29, 0.717) is 21.7 Å². The number of ketones is 2. The van der Waals surface area contributed by atoms with E-state index < -0.39 is 41.6 Å². The van der Waals surface area contributed by atoms with Crippen molar-refractivity contribution in [2.45, 2.75) is 12.1 Å². The molecule has 3 aliphatic rings. The number of anilines is 1. The number of amides is 2. The molecule has 0 spiro atoms. The highest BCUT2D eigenvalue weighted by atomic mass is 35.5. The molecule has 0 unspecified atom stereocenters. The lowest BCUT2D eigenvalue weighted by Gasteiger charge is -2.32. The van der Waals surface area contributed by atoms with Gasteiger partial charge in [0.2, 0.25) is 11.8 Å². The van der Waals surface area contributed by atoms with Crippen LogP contribution in [0.15, 0.2) is 103 Å². The number of hydrogen-bond acceptors (Lipinski definition) is 5. The van der Waals surface area contributed by atoms with Crippen molar-refractivity contribution in [2.24, 2.45) is 11.8 Å². The van der Waals surface area contributed by atoms with E-state index >= 15 is 0 Å². The molecule has 188 valence electrons. The Kier molecular flexibility index (Phi) is 5.80.